The average Bonchev–Trinajstić information content (AvgIpc) is 2.75. The molecule has 0 aromatic heterocycles. The number of rotatable bonds is 9. The van der Waals surface area contributed by atoms with Gasteiger partial charge in [0.25, 0.3) is 0 Å². The number of anilines is 1. The monoisotopic (exact) mass is 454 g/mol. The zero-order chi connectivity index (χ0) is 23.8. The van der Waals surface area contributed by atoms with Gasteiger partial charge >= 0.3 is 6.09 Å². The van der Waals surface area contributed by atoms with Crippen molar-refractivity contribution in [1.82, 2.24) is 4.90 Å². The van der Waals surface area contributed by atoms with Crippen molar-refractivity contribution in [2.45, 2.75) is 58.3 Å². The normalized spacial score (nSPS) is 14.8. The predicted octanol–water partition coefficient (Wildman–Crippen LogP) is 4.18. The molecule has 1 amide bonds. The van der Waals surface area contributed by atoms with E-state index in [1.807, 2.05) is 6.07 Å². The van der Waals surface area contributed by atoms with Crippen LogP contribution in [0, 0.1) is 0 Å². The van der Waals surface area contributed by atoms with Crippen LogP contribution >= 0.6 is 0 Å². The number of carbonyl (C=O) groups excluding carboxylic acids is 2. The van der Waals surface area contributed by atoms with E-state index in [0.29, 0.717) is 24.4 Å². The summed E-state index contributed by atoms with van der Waals surface area (Å²) in [5.41, 5.74) is 2.50. The van der Waals surface area contributed by atoms with Crippen molar-refractivity contribution in [3.63, 3.8) is 0 Å². The average molecular weight is 455 g/mol. The molecule has 1 heterocycles. The molecule has 33 heavy (non-hydrogen) atoms. The maximum absolute atomic E-state index is 12.3. The third kappa shape index (κ3) is 8.18. The lowest BCUT2D eigenvalue weighted by Gasteiger charge is -2.30. The van der Waals surface area contributed by atoms with Crippen molar-refractivity contribution >= 4 is 17.6 Å². The smallest absolute Gasteiger partial charge is 0.412 e. The van der Waals surface area contributed by atoms with Gasteiger partial charge in [-0.3, -0.25) is 15.0 Å². The first-order chi connectivity index (χ1) is 15.7. The number of para-hydroxylation sites is 2. The number of aliphatic hydroxyl groups is 1. The van der Waals surface area contributed by atoms with Crippen LogP contribution in [0.15, 0.2) is 48.5 Å². The van der Waals surface area contributed by atoms with Crippen LogP contribution < -0.4 is 10.1 Å². The molecule has 1 aliphatic heterocycles. The van der Waals surface area contributed by atoms with Crippen LogP contribution in [-0.4, -0.2) is 53.3 Å². The minimum atomic E-state index is -0.617. The lowest BCUT2D eigenvalue weighted by atomic mass is 9.99. The summed E-state index contributed by atoms with van der Waals surface area (Å²) >= 11 is 0. The number of hydrogen-bond donors (Lipinski definition) is 2. The number of β-amino-alcohol motifs (C(OH)–C–C–N with tert-alkyl or cyclic N) is 1. The van der Waals surface area contributed by atoms with E-state index in [1.165, 1.54) is 11.1 Å². The van der Waals surface area contributed by atoms with Crippen LogP contribution in [0.1, 0.15) is 44.7 Å². The van der Waals surface area contributed by atoms with E-state index < -0.39 is 17.8 Å². The largest absolute Gasteiger partial charge is 0.484 e. The number of benzene rings is 2. The van der Waals surface area contributed by atoms with Gasteiger partial charge in [-0.2, -0.15) is 0 Å². The number of Topliss-reactive ketones (excluding diaryl/α,β-unsaturated/α-hetero) is 1. The van der Waals surface area contributed by atoms with Crippen LogP contribution in [0.3, 0.4) is 0 Å². The highest BCUT2D eigenvalue weighted by Gasteiger charge is 2.20. The summed E-state index contributed by atoms with van der Waals surface area (Å²) in [6.07, 6.45) is 0.436. The zero-order valence-corrected chi connectivity index (χ0v) is 19.7. The first-order valence-corrected chi connectivity index (χ1v) is 11.4. The molecule has 7 nitrogen and oxygen atoms in total. The fourth-order valence-corrected chi connectivity index (χ4v) is 3.77. The quantitative estimate of drug-likeness (QED) is 0.591. The van der Waals surface area contributed by atoms with Gasteiger partial charge in [0.05, 0.1) is 11.8 Å². The van der Waals surface area contributed by atoms with Gasteiger partial charge in [-0.1, -0.05) is 36.4 Å². The maximum Gasteiger partial charge on any atom is 0.412 e. The van der Waals surface area contributed by atoms with Gasteiger partial charge in [0, 0.05) is 26.1 Å². The molecular weight excluding hydrogens is 420 g/mol. The number of aliphatic hydroxyl groups excluding tert-OH is 1. The van der Waals surface area contributed by atoms with Crippen molar-refractivity contribution in [3.8, 4) is 5.75 Å². The Morgan fingerprint density at radius 2 is 1.79 bits per heavy atom. The fourth-order valence-electron chi connectivity index (χ4n) is 3.77. The number of nitrogens with zero attached hydrogens (tertiary/aromatic N) is 1. The molecule has 0 aliphatic carbocycles. The third-order valence-electron chi connectivity index (χ3n) is 5.35. The molecule has 2 aromatic carbocycles. The van der Waals surface area contributed by atoms with Gasteiger partial charge in [-0.25, -0.2) is 4.79 Å². The van der Waals surface area contributed by atoms with Gasteiger partial charge in [0.2, 0.25) is 0 Å². The number of hydrogen-bond acceptors (Lipinski definition) is 6. The summed E-state index contributed by atoms with van der Waals surface area (Å²) in [7, 11) is 0. The molecule has 1 unspecified atom stereocenters. The molecule has 2 N–H and O–H groups in total. The summed E-state index contributed by atoms with van der Waals surface area (Å²) in [6.45, 7) is 7.50. The molecular formula is C26H34N2O5. The van der Waals surface area contributed by atoms with Crippen molar-refractivity contribution in [1.29, 1.82) is 0 Å². The second kappa shape index (κ2) is 11.3. The Labute approximate surface area is 195 Å². The van der Waals surface area contributed by atoms with Crippen molar-refractivity contribution < 1.29 is 24.2 Å². The molecule has 0 spiro atoms. The van der Waals surface area contributed by atoms with Crippen molar-refractivity contribution in [2.75, 3.05) is 25.0 Å². The Bertz CT molecular complexity index is 954. The van der Waals surface area contributed by atoms with Gasteiger partial charge in [-0.05, 0) is 56.9 Å². The van der Waals surface area contributed by atoms with Gasteiger partial charge in [0.1, 0.15) is 18.0 Å². The Balaban J connectivity index is 1.41. The van der Waals surface area contributed by atoms with Crippen molar-refractivity contribution in [3.05, 3.63) is 59.7 Å². The zero-order valence-electron chi connectivity index (χ0n) is 19.7. The van der Waals surface area contributed by atoms with Crippen LogP contribution in [0.4, 0.5) is 10.5 Å². The van der Waals surface area contributed by atoms with E-state index in [1.54, 1.807) is 45.0 Å². The molecule has 0 fully saturated rings. The highest BCUT2D eigenvalue weighted by atomic mass is 16.6. The van der Waals surface area contributed by atoms with E-state index in [0.717, 1.165) is 19.5 Å². The lowest BCUT2D eigenvalue weighted by molar-refractivity contribution is -0.121. The molecule has 7 heteroatoms. The minimum absolute atomic E-state index is 0.106. The van der Waals surface area contributed by atoms with E-state index >= 15 is 0 Å². The van der Waals surface area contributed by atoms with Crippen LogP contribution in [0.2, 0.25) is 0 Å². The second-order valence-electron chi connectivity index (χ2n) is 9.40. The van der Waals surface area contributed by atoms with Crippen molar-refractivity contribution in [2.24, 2.45) is 0 Å². The Hall–Kier alpha value is -2.90. The molecule has 2 aromatic rings. The summed E-state index contributed by atoms with van der Waals surface area (Å²) in [5, 5.41) is 13.1. The third-order valence-corrected chi connectivity index (χ3v) is 5.35. The summed E-state index contributed by atoms with van der Waals surface area (Å²) in [4.78, 5) is 26.6. The van der Waals surface area contributed by atoms with Gasteiger partial charge in [-0.15, -0.1) is 0 Å². The molecule has 1 atom stereocenters. The van der Waals surface area contributed by atoms with E-state index in [9.17, 15) is 14.7 Å². The maximum atomic E-state index is 12.3. The summed E-state index contributed by atoms with van der Waals surface area (Å²) in [5.74, 6) is 0.286. The number of ether oxygens (including phenoxy) is 2. The standard InChI is InChI=1S/C26H34N2O5/c1-26(2,3)33-25(31)27-23-10-6-7-11-24(23)32-18-22(30)13-12-21(29)17-28-15-14-19-8-4-5-9-20(19)16-28/h4-11,21,29H,12-18H2,1-3H3,(H,27,31). The second-order valence-corrected chi connectivity index (χ2v) is 9.40. The number of amides is 1. The highest BCUT2D eigenvalue weighted by Crippen LogP contribution is 2.25. The Morgan fingerprint density at radius 1 is 1.09 bits per heavy atom. The number of fused-ring (bicyclic) bond motifs is 1. The molecule has 178 valence electrons. The fraction of sp³-hybridized carbons (Fsp3) is 0.462. The molecule has 3 rings (SSSR count). The Morgan fingerprint density at radius 3 is 2.55 bits per heavy atom. The van der Waals surface area contributed by atoms with Crippen LogP contribution in [0.25, 0.3) is 0 Å². The first kappa shape index (κ1) is 24.7. The molecule has 0 radical (unpaired) electrons. The number of carbonyl (C=O) groups is 2. The molecule has 0 bridgehead atoms. The topological polar surface area (TPSA) is 88.1 Å². The van der Waals surface area contributed by atoms with Crippen LogP contribution in [0.5, 0.6) is 5.75 Å². The SMILES string of the molecule is CC(C)(C)OC(=O)Nc1ccccc1OCC(=O)CCC(O)CN1CCc2ccccc2C1. The lowest BCUT2D eigenvalue weighted by Crippen LogP contribution is -2.36. The molecule has 1 aliphatic rings. The number of ketones is 1. The highest BCUT2D eigenvalue weighted by molar-refractivity contribution is 5.87. The van der Waals surface area contributed by atoms with E-state index in [2.05, 4.69) is 28.4 Å². The van der Waals surface area contributed by atoms with E-state index in [-0.39, 0.29) is 18.8 Å². The predicted molar refractivity (Wildman–Crippen MR) is 127 cm³/mol. The van der Waals surface area contributed by atoms with Crippen LogP contribution in [-0.2, 0) is 22.5 Å². The molecule has 0 saturated carbocycles. The van der Waals surface area contributed by atoms with E-state index in [4.69, 9.17) is 9.47 Å². The van der Waals surface area contributed by atoms with Gasteiger partial charge in [0.15, 0.2) is 5.78 Å². The van der Waals surface area contributed by atoms with Gasteiger partial charge < -0.3 is 14.6 Å². The minimum Gasteiger partial charge on any atom is -0.484 e. The summed E-state index contributed by atoms with van der Waals surface area (Å²) in [6, 6.07) is 15.3. The first-order valence-electron chi connectivity index (χ1n) is 11.4. The summed E-state index contributed by atoms with van der Waals surface area (Å²) < 4.78 is 10.9. The number of nitrogens with one attached hydrogen (secondary N) is 1. The Kier molecular flexibility index (Phi) is 8.47. The molecule has 0 saturated heterocycles.